The van der Waals surface area contributed by atoms with Crippen LogP contribution in [0.1, 0.15) is 56.9 Å². The Kier molecular flexibility index (Phi) is 5.66. The third kappa shape index (κ3) is 4.57. The Labute approximate surface area is 169 Å². The normalized spacial score (nSPS) is 20.2. The molecule has 2 fully saturated rings. The molecule has 4 rings (SSSR count). The van der Waals surface area contributed by atoms with Crippen molar-refractivity contribution in [1.82, 2.24) is 9.97 Å². The van der Waals surface area contributed by atoms with Crippen LogP contribution >= 0.6 is 0 Å². The van der Waals surface area contributed by atoms with Gasteiger partial charge in [0.05, 0.1) is 11.6 Å². The second-order valence-electron chi connectivity index (χ2n) is 8.04. The van der Waals surface area contributed by atoms with Gasteiger partial charge in [-0.25, -0.2) is 4.79 Å². The Morgan fingerprint density at radius 1 is 1.20 bits per heavy atom. The molecule has 162 valence electrons. The number of hydrogen-bond donors (Lipinski definition) is 1. The zero-order valence-corrected chi connectivity index (χ0v) is 16.3. The van der Waals surface area contributed by atoms with Gasteiger partial charge >= 0.3 is 17.8 Å². The largest absolute Gasteiger partial charge is 0.403 e. The molecule has 2 aromatic rings. The molecule has 0 atom stereocenters. The molecule has 0 aromatic carbocycles. The van der Waals surface area contributed by atoms with Crippen molar-refractivity contribution in [3.63, 3.8) is 0 Å². The summed E-state index contributed by atoms with van der Waals surface area (Å²) in [5, 5.41) is 4.05. The minimum absolute atomic E-state index is 0.0490. The fraction of sp³-hybridized carbons (Fsp3) is 0.600. The molecular weight excluding hydrogens is 403 g/mol. The maximum atomic E-state index is 12.7. The number of H-pyrrole nitrogens is 1. The second kappa shape index (κ2) is 8.23. The van der Waals surface area contributed by atoms with Gasteiger partial charge < -0.3 is 9.25 Å². The molecule has 0 saturated heterocycles. The van der Waals surface area contributed by atoms with Crippen molar-refractivity contribution in [2.75, 3.05) is 0 Å². The van der Waals surface area contributed by atoms with Crippen molar-refractivity contribution in [1.29, 1.82) is 0 Å². The third-order valence-corrected chi connectivity index (χ3v) is 6.01. The van der Waals surface area contributed by atoms with Crippen LogP contribution in [0.3, 0.4) is 0 Å². The number of halogens is 3. The van der Waals surface area contributed by atoms with E-state index in [0.717, 1.165) is 19.3 Å². The third-order valence-electron chi connectivity index (χ3n) is 6.01. The Hall–Kier alpha value is -2.65. The van der Waals surface area contributed by atoms with Crippen molar-refractivity contribution in [3.8, 4) is 6.01 Å². The fourth-order valence-electron chi connectivity index (χ4n) is 3.99. The van der Waals surface area contributed by atoms with E-state index in [1.165, 1.54) is 12.5 Å². The van der Waals surface area contributed by atoms with Crippen LogP contribution < -0.4 is 16.0 Å². The first kappa shape index (κ1) is 20.6. The molecule has 2 heterocycles. The van der Waals surface area contributed by atoms with Crippen molar-refractivity contribution >= 4 is 16.8 Å². The summed E-state index contributed by atoms with van der Waals surface area (Å²) in [5.74, 6) is -0.715. The summed E-state index contributed by atoms with van der Waals surface area (Å²) >= 11 is 0. The van der Waals surface area contributed by atoms with Crippen molar-refractivity contribution in [2.45, 2.75) is 64.0 Å². The average Bonchev–Trinajstić information content (AvgIpc) is 2.64. The SMILES string of the molecule is O=c1cc(CCC2CCC2)c2c(=O)[nH]c(ON=C3CCC(C(F)(F)F)CC3)nc2o1. The molecule has 2 aromatic heterocycles. The number of aromatic nitrogens is 2. The van der Waals surface area contributed by atoms with Crippen LogP contribution in [0.2, 0.25) is 0 Å². The van der Waals surface area contributed by atoms with Gasteiger partial charge in [-0.2, -0.15) is 18.2 Å². The van der Waals surface area contributed by atoms with Crippen LogP contribution in [0.4, 0.5) is 13.2 Å². The number of oxime groups is 1. The Balaban J connectivity index is 1.50. The fourth-order valence-corrected chi connectivity index (χ4v) is 3.99. The summed E-state index contributed by atoms with van der Waals surface area (Å²) in [5.41, 5.74) is -0.194. The summed E-state index contributed by atoms with van der Waals surface area (Å²) in [6.45, 7) is 0. The van der Waals surface area contributed by atoms with Crippen molar-refractivity contribution in [2.24, 2.45) is 17.0 Å². The molecule has 0 unspecified atom stereocenters. The van der Waals surface area contributed by atoms with E-state index in [2.05, 4.69) is 15.1 Å². The lowest BCUT2D eigenvalue weighted by Gasteiger charge is -2.25. The second-order valence-corrected chi connectivity index (χ2v) is 8.04. The van der Waals surface area contributed by atoms with Gasteiger partial charge in [-0.3, -0.25) is 9.78 Å². The van der Waals surface area contributed by atoms with Gasteiger partial charge in [0.1, 0.15) is 5.39 Å². The number of alkyl halides is 3. The summed E-state index contributed by atoms with van der Waals surface area (Å²) in [6, 6.07) is 1.05. The first-order valence-corrected chi connectivity index (χ1v) is 10.2. The summed E-state index contributed by atoms with van der Waals surface area (Å²) < 4.78 is 43.3. The zero-order valence-electron chi connectivity index (χ0n) is 16.3. The number of fused-ring (bicyclic) bond motifs is 1. The van der Waals surface area contributed by atoms with Crippen LogP contribution in [-0.2, 0) is 6.42 Å². The molecule has 0 aliphatic heterocycles. The van der Waals surface area contributed by atoms with Gasteiger partial charge in [-0.1, -0.05) is 24.4 Å². The maximum Gasteiger partial charge on any atom is 0.391 e. The highest BCUT2D eigenvalue weighted by Crippen LogP contribution is 2.36. The first-order valence-electron chi connectivity index (χ1n) is 10.2. The predicted molar refractivity (Wildman–Crippen MR) is 103 cm³/mol. The summed E-state index contributed by atoms with van der Waals surface area (Å²) in [4.78, 5) is 36.1. The number of hydrogen-bond acceptors (Lipinski definition) is 6. The predicted octanol–water partition coefficient (Wildman–Crippen LogP) is 4.10. The monoisotopic (exact) mass is 425 g/mol. The van der Waals surface area contributed by atoms with Gasteiger partial charge in [0, 0.05) is 6.07 Å². The number of aryl methyl sites for hydroxylation is 1. The lowest BCUT2D eigenvalue weighted by atomic mass is 9.81. The van der Waals surface area contributed by atoms with Crippen LogP contribution in [-0.4, -0.2) is 21.9 Å². The zero-order chi connectivity index (χ0) is 21.3. The summed E-state index contributed by atoms with van der Waals surface area (Å²) in [7, 11) is 0. The minimum atomic E-state index is -4.20. The highest BCUT2D eigenvalue weighted by atomic mass is 19.4. The Bertz CT molecular complexity index is 1060. The quantitative estimate of drug-likeness (QED) is 0.728. The van der Waals surface area contributed by atoms with E-state index in [-0.39, 0.29) is 42.8 Å². The van der Waals surface area contributed by atoms with Crippen LogP contribution in [0, 0.1) is 11.8 Å². The van der Waals surface area contributed by atoms with Crippen LogP contribution in [0.15, 0.2) is 25.2 Å². The molecule has 0 radical (unpaired) electrons. The van der Waals surface area contributed by atoms with Gasteiger partial charge in [0.15, 0.2) is 0 Å². The van der Waals surface area contributed by atoms with E-state index in [4.69, 9.17) is 9.25 Å². The topological polar surface area (TPSA) is 97.5 Å². The lowest BCUT2D eigenvalue weighted by Crippen LogP contribution is -2.28. The molecule has 2 aliphatic carbocycles. The Morgan fingerprint density at radius 2 is 1.93 bits per heavy atom. The maximum absolute atomic E-state index is 12.7. The first-order chi connectivity index (χ1) is 14.3. The summed E-state index contributed by atoms with van der Waals surface area (Å²) in [6.07, 6.45) is 1.02. The highest BCUT2D eigenvalue weighted by molar-refractivity contribution is 5.84. The molecule has 0 spiro atoms. The molecular formula is C20H22F3N3O4. The van der Waals surface area contributed by atoms with Crippen LogP contribution in [0.5, 0.6) is 6.01 Å². The highest BCUT2D eigenvalue weighted by Gasteiger charge is 2.40. The van der Waals surface area contributed by atoms with Gasteiger partial charge in [0.25, 0.3) is 5.56 Å². The standard InChI is InChI=1S/C20H22F3N3O4/c21-20(22,23)13-6-8-14(9-7-13)26-30-19-24-17(28)16-12(5-4-11-2-1-3-11)10-15(27)29-18(16)25-19/h10-11,13H,1-9H2,(H,24,25,28). The van der Waals surface area contributed by atoms with E-state index in [0.29, 0.717) is 23.6 Å². The smallest absolute Gasteiger partial charge is 0.391 e. The van der Waals surface area contributed by atoms with E-state index in [1.807, 2.05) is 0 Å². The van der Waals surface area contributed by atoms with Crippen molar-refractivity contribution in [3.05, 3.63) is 32.4 Å². The molecule has 30 heavy (non-hydrogen) atoms. The number of nitrogens with one attached hydrogen (secondary N) is 1. The van der Waals surface area contributed by atoms with E-state index >= 15 is 0 Å². The van der Waals surface area contributed by atoms with Gasteiger partial charge in [0.2, 0.25) is 5.71 Å². The molecule has 2 saturated carbocycles. The minimum Gasteiger partial charge on any atom is -0.403 e. The van der Waals surface area contributed by atoms with E-state index in [1.54, 1.807) is 0 Å². The molecule has 10 heteroatoms. The molecule has 0 amide bonds. The van der Waals surface area contributed by atoms with E-state index in [9.17, 15) is 22.8 Å². The lowest BCUT2D eigenvalue weighted by molar-refractivity contribution is -0.178. The van der Waals surface area contributed by atoms with E-state index < -0.39 is 23.3 Å². The number of aromatic amines is 1. The number of rotatable bonds is 5. The van der Waals surface area contributed by atoms with Gasteiger partial charge in [-0.05, 0) is 50.0 Å². The molecule has 0 bridgehead atoms. The molecule has 1 N–H and O–H groups in total. The number of nitrogens with zero attached hydrogens (tertiary/aromatic N) is 2. The van der Waals surface area contributed by atoms with Crippen molar-refractivity contribution < 1.29 is 22.4 Å². The van der Waals surface area contributed by atoms with Gasteiger partial charge in [-0.15, -0.1) is 0 Å². The van der Waals surface area contributed by atoms with Crippen LogP contribution in [0.25, 0.3) is 11.1 Å². The molecule has 2 aliphatic rings. The average molecular weight is 425 g/mol. The Morgan fingerprint density at radius 3 is 2.57 bits per heavy atom. The molecule has 7 nitrogen and oxygen atoms in total.